The Kier molecular flexibility index (Phi) is 5.86. The topological polar surface area (TPSA) is 107 Å². The van der Waals surface area contributed by atoms with Gasteiger partial charge in [-0.05, 0) is 11.6 Å². The summed E-state index contributed by atoms with van der Waals surface area (Å²) in [6.07, 6.45) is 1.82. The van der Waals surface area contributed by atoms with Gasteiger partial charge >= 0.3 is 11.9 Å². The maximum Gasteiger partial charge on any atom is 0.302 e. The number of aromatic nitrogens is 1. The molecule has 1 saturated heterocycles. The number of rotatable bonds is 5. The Balaban J connectivity index is 2.06. The zero-order chi connectivity index (χ0) is 17.7. The fourth-order valence-corrected chi connectivity index (χ4v) is 2.63. The zero-order valence-electron chi connectivity index (χ0n) is 13.9. The summed E-state index contributed by atoms with van der Waals surface area (Å²) in [5.74, 6) is -0.486. The molecule has 130 valence electrons. The molecule has 0 saturated carbocycles. The Hall–Kier alpha value is -2.48. The number of hydrogen-bond donors (Lipinski definition) is 2. The number of pyridine rings is 1. The number of carbonyl (C=O) groups is 3. The number of anilines is 1. The van der Waals surface area contributed by atoms with Crippen molar-refractivity contribution in [2.24, 2.45) is 0 Å². The standard InChI is InChI=1S/C16H21N3O5/c1-9(20)18-16-5-4-12(7-17-16)13-6-15(24-11(3)22)14(19-13)8-23-10(2)21/h4-5,7,13-15,19H,6,8H2,1-3H3,(H,17,18,20). The normalized spacial score (nSPS) is 22.7. The lowest BCUT2D eigenvalue weighted by molar-refractivity contribution is -0.149. The average molecular weight is 335 g/mol. The van der Waals surface area contributed by atoms with Crippen LogP contribution in [-0.2, 0) is 23.9 Å². The molecule has 0 radical (unpaired) electrons. The second kappa shape index (κ2) is 7.87. The Morgan fingerprint density at radius 2 is 2.00 bits per heavy atom. The van der Waals surface area contributed by atoms with E-state index in [9.17, 15) is 14.4 Å². The number of nitrogens with zero attached hydrogens (tertiary/aromatic N) is 1. The summed E-state index contributed by atoms with van der Waals surface area (Å²) < 4.78 is 10.3. The van der Waals surface area contributed by atoms with Gasteiger partial charge in [-0.1, -0.05) is 6.07 Å². The van der Waals surface area contributed by atoms with E-state index < -0.39 is 0 Å². The first-order valence-corrected chi connectivity index (χ1v) is 7.65. The van der Waals surface area contributed by atoms with Crippen molar-refractivity contribution in [3.8, 4) is 0 Å². The Morgan fingerprint density at radius 3 is 2.54 bits per heavy atom. The van der Waals surface area contributed by atoms with Gasteiger partial charge < -0.3 is 20.1 Å². The molecule has 1 aromatic heterocycles. The van der Waals surface area contributed by atoms with Gasteiger partial charge in [-0.3, -0.25) is 14.4 Å². The van der Waals surface area contributed by atoms with Crippen LogP contribution in [0.1, 0.15) is 38.8 Å². The van der Waals surface area contributed by atoms with E-state index in [1.807, 2.05) is 6.07 Å². The number of esters is 2. The van der Waals surface area contributed by atoms with Crippen molar-refractivity contribution < 1.29 is 23.9 Å². The van der Waals surface area contributed by atoms with E-state index in [1.165, 1.54) is 20.8 Å². The minimum atomic E-state index is -0.387. The third-order valence-corrected chi connectivity index (χ3v) is 3.61. The molecule has 1 aliphatic rings. The monoisotopic (exact) mass is 335 g/mol. The molecule has 3 atom stereocenters. The molecule has 1 amide bonds. The van der Waals surface area contributed by atoms with Crippen LogP contribution in [0.15, 0.2) is 18.3 Å². The highest BCUT2D eigenvalue weighted by Crippen LogP contribution is 2.29. The van der Waals surface area contributed by atoms with Gasteiger partial charge in [0.1, 0.15) is 18.5 Å². The Bertz CT molecular complexity index is 617. The fourth-order valence-electron chi connectivity index (χ4n) is 2.63. The number of carbonyl (C=O) groups excluding carboxylic acids is 3. The highest BCUT2D eigenvalue weighted by Gasteiger charge is 2.37. The zero-order valence-corrected chi connectivity index (χ0v) is 13.9. The molecule has 2 N–H and O–H groups in total. The Morgan fingerprint density at radius 1 is 1.25 bits per heavy atom. The van der Waals surface area contributed by atoms with Crippen molar-refractivity contribution in [3.63, 3.8) is 0 Å². The van der Waals surface area contributed by atoms with Crippen LogP contribution in [0.2, 0.25) is 0 Å². The molecular weight excluding hydrogens is 314 g/mol. The van der Waals surface area contributed by atoms with E-state index in [0.29, 0.717) is 12.2 Å². The minimum absolute atomic E-state index is 0.0891. The van der Waals surface area contributed by atoms with Gasteiger partial charge in [0.25, 0.3) is 0 Å². The van der Waals surface area contributed by atoms with Crippen molar-refractivity contribution in [1.82, 2.24) is 10.3 Å². The molecule has 24 heavy (non-hydrogen) atoms. The molecule has 0 aliphatic carbocycles. The quantitative estimate of drug-likeness (QED) is 0.771. The van der Waals surface area contributed by atoms with Crippen molar-refractivity contribution >= 4 is 23.7 Å². The first-order chi connectivity index (χ1) is 11.3. The van der Waals surface area contributed by atoms with Gasteiger partial charge in [0.05, 0.1) is 6.04 Å². The second-order valence-electron chi connectivity index (χ2n) is 5.67. The highest BCUT2D eigenvalue weighted by molar-refractivity contribution is 5.87. The summed E-state index contributed by atoms with van der Waals surface area (Å²) in [6.45, 7) is 4.22. The summed E-state index contributed by atoms with van der Waals surface area (Å²) in [5, 5.41) is 5.90. The van der Waals surface area contributed by atoms with Crippen LogP contribution in [0.4, 0.5) is 5.82 Å². The van der Waals surface area contributed by atoms with Gasteiger partial charge in [-0.15, -0.1) is 0 Å². The van der Waals surface area contributed by atoms with E-state index in [4.69, 9.17) is 9.47 Å². The van der Waals surface area contributed by atoms with Crippen molar-refractivity contribution in [2.45, 2.75) is 45.4 Å². The summed E-state index contributed by atoms with van der Waals surface area (Å²) >= 11 is 0. The van der Waals surface area contributed by atoms with Crippen LogP contribution >= 0.6 is 0 Å². The molecule has 2 rings (SSSR count). The number of amides is 1. The van der Waals surface area contributed by atoms with E-state index in [0.717, 1.165) is 5.56 Å². The summed E-state index contributed by atoms with van der Waals surface area (Å²) in [5.41, 5.74) is 0.895. The third-order valence-electron chi connectivity index (χ3n) is 3.61. The van der Waals surface area contributed by atoms with Crippen LogP contribution in [0.25, 0.3) is 0 Å². The first kappa shape index (κ1) is 17.9. The SMILES string of the molecule is CC(=O)Nc1ccc(C2CC(OC(C)=O)C(COC(C)=O)N2)cn1. The number of nitrogens with one attached hydrogen (secondary N) is 2. The molecule has 0 bridgehead atoms. The average Bonchev–Trinajstić information content (AvgIpc) is 2.87. The first-order valence-electron chi connectivity index (χ1n) is 7.65. The second-order valence-corrected chi connectivity index (χ2v) is 5.67. The summed E-state index contributed by atoms with van der Waals surface area (Å²) in [7, 11) is 0. The minimum Gasteiger partial charge on any atom is -0.464 e. The van der Waals surface area contributed by atoms with E-state index in [2.05, 4.69) is 15.6 Å². The molecule has 1 fully saturated rings. The van der Waals surface area contributed by atoms with Crippen molar-refractivity contribution in [3.05, 3.63) is 23.9 Å². The van der Waals surface area contributed by atoms with E-state index >= 15 is 0 Å². The predicted octanol–water partition coefficient (Wildman–Crippen LogP) is 0.938. The van der Waals surface area contributed by atoms with Crippen LogP contribution in [0, 0.1) is 0 Å². The molecule has 1 aromatic rings. The molecule has 1 aliphatic heterocycles. The fraction of sp³-hybridized carbons (Fsp3) is 0.500. The van der Waals surface area contributed by atoms with Gasteiger partial charge in [-0.2, -0.15) is 0 Å². The maximum atomic E-state index is 11.3. The van der Waals surface area contributed by atoms with Gasteiger partial charge in [-0.25, -0.2) is 4.98 Å². The van der Waals surface area contributed by atoms with Crippen LogP contribution in [0.3, 0.4) is 0 Å². The lowest BCUT2D eigenvalue weighted by Gasteiger charge is -2.18. The summed E-state index contributed by atoms with van der Waals surface area (Å²) in [6, 6.07) is 3.18. The van der Waals surface area contributed by atoms with Crippen LogP contribution < -0.4 is 10.6 Å². The maximum absolute atomic E-state index is 11.3. The van der Waals surface area contributed by atoms with Crippen LogP contribution in [-0.4, -0.2) is 41.6 Å². The molecule has 0 spiro atoms. The van der Waals surface area contributed by atoms with E-state index in [1.54, 1.807) is 12.3 Å². The molecule has 0 aromatic carbocycles. The van der Waals surface area contributed by atoms with Crippen molar-refractivity contribution in [2.75, 3.05) is 11.9 Å². The largest absolute Gasteiger partial charge is 0.464 e. The van der Waals surface area contributed by atoms with E-state index in [-0.39, 0.29) is 42.6 Å². The van der Waals surface area contributed by atoms with Gasteiger partial charge in [0.15, 0.2) is 0 Å². The molecule has 2 heterocycles. The van der Waals surface area contributed by atoms with Crippen LogP contribution in [0.5, 0.6) is 0 Å². The Labute approximate surface area is 139 Å². The van der Waals surface area contributed by atoms with Gasteiger partial charge in [0, 0.05) is 39.4 Å². The van der Waals surface area contributed by atoms with Gasteiger partial charge in [0.2, 0.25) is 5.91 Å². The number of hydrogen-bond acceptors (Lipinski definition) is 7. The number of ether oxygens (including phenoxy) is 2. The lowest BCUT2D eigenvalue weighted by atomic mass is 10.1. The lowest BCUT2D eigenvalue weighted by Crippen LogP contribution is -2.38. The molecule has 3 unspecified atom stereocenters. The smallest absolute Gasteiger partial charge is 0.302 e. The summed E-state index contributed by atoms with van der Waals surface area (Å²) in [4.78, 5) is 37.5. The molecule has 8 heteroatoms. The molecule has 8 nitrogen and oxygen atoms in total. The highest BCUT2D eigenvalue weighted by atomic mass is 16.6. The van der Waals surface area contributed by atoms with Crippen molar-refractivity contribution in [1.29, 1.82) is 0 Å². The third kappa shape index (κ3) is 5.02. The predicted molar refractivity (Wildman–Crippen MR) is 85.0 cm³/mol. The molecular formula is C16H21N3O5.